The number of rotatable bonds is 14. The van der Waals surface area contributed by atoms with E-state index < -0.39 is 35.9 Å². The van der Waals surface area contributed by atoms with Crippen molar-refractivity contribution in [2.45, 2.75) is 80.9 Å². The highest BCUT2D eigenvalue weighted by molar-refractivity contribution is 7.99. The van der Waals surface area contributed by atoms with Crippen LogP contribution in [0.5, 0.6) is 0 Å². The van der Waals surface area contributed by atoms with Gasteiger partial charge in [-0.3, -0.25) is 4.79 Å². The molecule has 0 radical (unpaired) electrons. The van der Waals surface area contributed by atoms with Crippen molar-refractivity contribution in [2.75, 3.05) is 5.75 Å². The zero-order valence-corrected chi connectivity index (χ0v) is 18.3. The first-order valence-electron chi connectivity index (χ1n) is 10.8. The molecule has 1 aromatic carbocycles. The van der Waals surface area contributed by atoms with Crippen molar-refractivity contribution in [3.63, 3.8) is 0 Å². The van der Waals surface area contributed by atoms with E-state index in [-0.39, 0.29) is 28.9 Å². The summed E-state index contributed by atoms with van der Waals surface area (Å²) in [6.07, 6.45) is 3.95. The molecule has 2 unspecified atom stereocenters. The van der Waals surface area contributed by atoms with Crippen molar-refractivity contribution in [1.29, 1.82) is 0 Å². The lowest BCUT2D eigenvalue weighted by molar-refractivity contribution is -0.137. The summed E-state index contributed by atoms with van der Waals surface area (Å²) >= 11 is 1.11. The Balaban J connectivity index is 1.78. The molecule has 174 valence electrons. The quantitative estimate of drug-likeness (QED) is 0.210. The number of unbranched alkanes of at least 4 members (excludes halogenated alkanes) is 3. The minimum atomic E-state index is -0.801. The number of thioether (sulfide) groups is 1. The summed E-state index contributed by atoms with van der Waals surface area (Å²) in [5.74, 6) is -2.06. The number of hydrogen-bond acceptors (Lipinski definition) is 6. The Labute approximate surface area is 185 Å². The monoisotopic (exact) mass is 459 g/mol. The molecule has 1 aliphatic carbocycles. The van der Waals surface area contributed by atoms with Gasteiger partial charge in [0.25, 0.3) is 0 Å². The van der Waals surface area contributed by atoms with Crippen LogP contribution in [-0.2, 0) is 4.79 Å². The molecule has 5 atom stereocenters. The van der Waals surface area contributed by atoms with E-state index in [9.17, 15) is 28.7 Å². The molecule has 6 nitrogen and oxygen atoms in total. The zero-order valence-electron chi connectivity index (χ0n) is 17.5. The first-order valence-corrected chi connectivity index (χ1v) is 11.8. The Bertz CT molecular complexity index is 723. The van der Waals surface area contributed by atoms with E-state index >= 15 is 0 Å². The predicted molar refractivity (Wildman–Crippen MR) is 115 cm³/mol. The van der Waals surface area contributed by atoms with Gasteiger partial charge in [0.05, 0.1) is 18.2 Å². The van der Waals surface area contributed by atoms with Gasteiger partial charge in [0.15, 0.2) is 0 Å². The second kappa shape index (κ2) is 13.1. The average molecular weight is 460 g/mol. The van der Waals surface area contributed by atoms with Gasteiger partial charge < -0.3 is 15.3 Å². The van der Waals surface area contributed by atoms with Crippen LogP contribution in [0.25, 0.3) is 0 Å². The maximum Gasteiger partial charge on any atom is 0.303 e. The van der Waals surface area contributed by atoms with Crippen LogP contribution in [0.4, 0.5) is 8.78 Å². The van der Waals surface area contributed by atoms with E-state index in [1.54, 1.807) is 0 Å². The molecule has 1 aromatic rings. The highest BCUT2D eigenvalue weighted by atomic mass is 32.2. The van der Waals surface area contributed by atoms with Crippen LogP contribution >= 0.6 is 11.8 Å². The number of benzene rings is 1. The smallest absolute Gasteiger partial charge is 0.303 e. The summed E-state index contributed by atoms with van der Waals surface area (Å²) in [6.45, 7) is 0. The van der Waals surface area contributed by atoms with Crippen molar-refractivity contribution in [3.8, 4) is 0 Å². The second-order valence-electron chi connectivity index (χ2n) is 8.27. The van der Waals surface area contributed by atoms with E-state index in [4.69, 9.17) is 5.11 Å². The predicted octanol–water partition coefficient (Wildman–Crippen LogP) is 4.76. The molecular formula is C22H31F2NO5S. The van der Waals surface area contributed by atoms with Gasteiger partial charge in [-0.05, 0) is 56.1 Å². The number of hydrogen-bond donors (Lipinski definition) is 3. The van der Waals surface area contributed by atoms with Crippen LogP contribution in [0, 0.1) is 28.4 Å². The highest BCUT2D eigenvalue weighted by Gasteiger charge is 2.42. The minimum Gasteiger partial charge on any atom is -0.481 e. The minimum absolute atomic E-state index is 0.0726. The topological polar surface area (TPSA) is 107 Å². The fraction of sp³-hybridized carbons (Fsp3) is 0.682. The summed E-state index contributed by atoms with van der Waals surface area (Å²) in [5, 5.41) is 32.6. The number of nitrogens with zero attached hydrogens (tertiary/aromatic N) is 1. The highest BCUT2D eigenvalue weighted by Crippen LogP contribution is 2.41. The maximum atomic E-state index is 13.7. The van der Waals surface area contributed by atoms with Crippen LogP contribution in [0.3, 0.4) is 0 Å². The molecule has 1 fully saturated rings. The van der Waals surface area contributed by atoms with Crippen molar-refractivity contribution < 1.29 is 28.9 Å². The number of aliphatic hydroxyl groups is 2. The van der Waals surface area contributed by atoms with E-state index in [0.717, 1.165) is 43.5 Å². The number of carbonyl (C=O) groups is 1. The largest absolute Gasteiger partial charge is 0.481 e. The fourth-order valence-corrected chi connectivity index (χ4v) is 5.26. The Hall–Kier alpha value is -1.58. The molecule has 2 rings (SSSR count). The first kappa shape index (κ1) is 25.7. The molecule has 1 aliphatic rings. The van der Waals surface area contributed by atoms with Crippen molar-refractivity contribution in [1.82, 2.24) is 0 Å². The lowest BCUT2D eigenvalue weighted by atomic mass is 9.84. The van der Waals surface area contributed by atoms with Crippen molar-refractivity contribution >= 4 is 17.7 Å². The third-order valence-electron chi connectivity index (χ3n) is 5.99. The molecule has 0 aliphatic heterocycles. The number of aliphatic hydroxyl groups excluding tert-OH is 2. The number of halogens is 2. The lowest BCUT2D eigenvalue weighted by Crippen LogP contribution is -2.23. The van der Waals surface area contributed by atoms with E-state index in [2.05, 4.69) is 5.18 Å². The summed E-state index contributed by atoms with van der Waals surface area (Å²) in [4.78, 5) is 22.1. The number of nitroso groups, excluding NO2 is 1. The van der Waals surface area contributed by atoms with Gasteiger partial charge in [0.1, 0.15) is 11.6 Å². The van der Waals surface area contributed by atoms with Crippen LogP contribution in [-0.4, -0.2) is 45.3 Å². The SMILES string of the molecule is O=NC1C[C@H](O)[C@H](CCCCCCC(=O)O)C1CC[C@@H](O)CSc1ccc(F)cc1F. The van der Waals surface area contributed by atoms with Gasteiger partial charge >= 0.3 is 5.97 Å². The molecular weight excluding hydrogens is 428 g/mol. The van der Waals surface area contributed by atoms with Crippen LogP contribution in [0.2, 0.25) is 0 Å². The maximum absolute atomic E-state index is 13.7. The van der Waals surface area contributed by atoms with E-state index in [1.807, 2.05) is 0 Å². The Kier molecular flexibility index (Phi) is 10.8. The molecule has 0 amide bonds. The van der Waals surface area contributed by atoms with Gasteiger partial charge in [0, 0.05) is 23.1 Å². The van der Waals surface area contributed by atoms with Gasteiger partial charge in [-0.25, -0.2) is 8.78 Å². The Morgan fingerprint density at radius 1 is 1.16 bits per heavy atom. The summed E-state index contributed by atoms with van der Waals surface area (Å²) in [7, 11) is 0. The molecule has 9 heteroatoms. The van der Waals surface area contributed by atoms with Crippen molar-refractivity contribution in [2.24, 2.45) is 17.0 Å². The molecule has 0 heterocycles. The van der Waals surface area contributed by atoms with Crippen molar-refractivity contribution in [3.05, 3.63) is 34.7 Å². The van der Waals surface area contributed by atoms with Crippen LogP contribution < -0.4 is 0 Å². The van der Waals surface area contributed by atoms with Gasteiger partial charge in [-0.15, -0.1) is 11.8 Å². The number of aliphatic carboxylic acids is 1. The van der Waals surface area contributed by atoms with Crippen LogP contribution in [0.15, 0.2) is 28.3 Å². The summed E-state index contributed by atoms with van der Waals surface area (Å²) in [6, 6.07) is 2.83. The van der Waals surface area contributed by atoms with Crippen LogP contribution in [0.1, 0.15) is 57.8 Å². The molecule has 0 aromatic heterocycles. The van der Waals surface area contributed by atoms with E-state index in [0.29, 0.717) is 25.7 Å². The standard InChI is InChI=1S/C22H31F2NO5S/c23-14-7-10-21(18(24)11-14)31-13-15(26)8-9-16-17(20(27)12-19(16)25-30)5-3-1-2-4-6-22(28)29/h7,10-11,15-17,19-20,26-27H,1-6,8-9,12-13H2,(H,28,29)/t15-,16?,17-,19?,20+/m1/s1. The summed E-state index contributed by atoms with van der Waals surface area (Å²) < 4.78 is 26.7. The van der Waals surface area contributed by atoms with Gasteiger partial charge in [0.2, 0.25) is 0 Å². The molecule has 0 saturated heterocycles. The lowest BCUT2D eigenvalue weighted by Gasteiger charge is -2.24. The number of carboxylic acids is 1. The van der Waals surface area contributed by atoms with Gasteiger partial charge in [-0.2, -0.15) is 4.91 Å². The fourth-order valence-electron chi connectivity index (χ4n) is 4.36. The molecule has 0 spiro atoms. The van der Waals surface area contributed by atoms with Gasteiger partial charge in [-0.1, -0.05) is 24.4 Å². The molecule has 1 saturated carbocycles. The first-order chi connectivity index (χ1) is 14.8. The normalized spacial score (nSPS) is 24.3. The zero-order chi connectivity index (χ0) is 22.8. The Morgan fingerprint density at radius 3 is 2.58 bits per heavy atom. The molecule has 31 heavy (non-hydrogen) atoms. The average Bonchev–Trinajstić information content (AvgIpc) is 3.02. The number of carboxylic acid groups (broad SMARTS) is 1. The summed E-state index contributed by atoms with van der Waals surface area (Å²) in [5.41, 5.74) is 0. The third kappa shape index (κ3) is 8.46. The third-order valence-corrected chi connectivity index (χ3v) is 7.19. The molecule has 0 bridgehead atoms. The van der Waals surface area contributed by atoms with E-state index in [1.165, 1.54) is 12.1 Å². The molecule has 3 N–H and O–H groups in total. The second-order valence-corrected chi connectivity index (χ2v) is 9.33. The Morgan fingerprint density at radius 2 is 1.90 bits per heavy atom.